The van der Waals surface area contributed by atoms with Gasteiger partial charge in [0.15, 0.2) is 0 Å². The van der Waals surface area contributed by atoms with Gasteiger partial charge in [0, 0.05) is 33.3 Å². The van der Waals surface area contributed by atoms with Crippen molar-refractivity contribution in [3.05, 3.63) is 34.8 Å². The van der Waals surface area contributed by atoms with E-state index in [2.05, 4.69) is 15.3 Å². The zero-order valence-corrected chi connectivity index (χ0v) is 14.6. The molecule has 3 heterocycles. The Kier molecular flexibility index (Phi) is 4.68. The number of amides is 1. The van der Waals surface area contributed by atoms with Crippen molar-refractivity contribution in [2.24, 2.45) is 0 Å². The zero-order chi connectivity index (χ0) is 17.2. The van der Waals surface area contributed by atoms with Crippen LogP contribution in [0.3, 0.4) is 0 Å². The number of nitrogens with zero attached hydrogens (tertiary/aromatic N) is 4. The standard InChI is InChI=1S/C16H21N5O2S/c1-17-13-8-14(19-11-18-13)21-6-5-16(23,10-21)9-20(2)15(22)12-4-3-7-24-12/h3-4,7-8,11,23H,5-6,9-10H2,1-2H3,(H,17,18,19)/t16-/m1/s1. The van der Waals surface area contributed by atoms with Crippen molar-refractivity contribution in [3.63, 3.8) is 0 Å². The number of likely N-dealkylation sites (N-methyl/N-ethyl adjacent to an activating group) is 1. The molecular weight excluding hydrogens is 326 g/mol. The highest BCUT2D eigenvalue weighted by molar-refractivity contribution is 7.12. The van der Waals surface area contributed by atoms with Gasteiger partial charge in [0.05, 0.1) is 11.4 Å². The fraction of sp³-hybridized carbons (Fsp3) is 0.438. The average molecular weight is 347 g/mol. The molecule has 0 radical (unpaired) electrons. The monoisotopic (exact) mass is 347 g/mol. The number of hydrogen-bond acceptors (Lipinski definition) is 7. The predicted molar refractivity (Wildman–Crippen MR) is 94.6 cm³/mol. The van der Waals surface area contributed by atoms with Crippen LogP contribution in [0.2, 0.25) is 0 Å². The lowest BCUT2D eigenvalue weighted by Crippen LogP contribution is -2.45. The van der Waals surface area contributed by atoms with Crippen molar-refractivity contribution in [1.82, 2.24) is 14.9 Å². The van der Waals surface area contributed by atoms with Gasteiger partial charge in [0.2, 0.25) is 0 Å². The highest BCUT2D eigenvalue weighted by atomic mass is 32.1. The van der Waals surface area contributed by atoms with Crippen LogP contribution >= 0.6 is 11.3 Å². The van der Waals surface area contributed by atoms with Crippen LogP contribution in [0.25, 0.3) is 0 Å². The molecule has 8 heteroatoms. The summed E-state index contributed by atoms with van der Waals surface area (Å²) in [6.45, 7) is 1.43. The topological polar surface area (TPSA) is 81.6 Å². The van der Waals surface area contributed by atoms with Gasteiger partial charge >= 0.3 is 0 Å². The number of carbonyl (C=O) groups is 1. The maximum absolute atomic E-state index is 12.4. The summed E-state index contributed by atoms with van der Waals surface area (Å²) in [5.74, 6) is 1.45. The van der Waals surface area contributed by atoms with E-state index in [0.29, 0.717) is 30.9 Å². The Morgan fingerprint density at radius 2 is 2.38 bits per heavy atom. The van der Waals surface area contributed by atoms with Gasteiger partial charge in [-0.3, -0.25) is 4.79 Å². The van der Waals surface area contributed by atoms with Crippen LogP contribution in [-0.2, 0) is 0 Å². The maximum atomic E-state index is 12.4. The van der Waals surface area contributed by atoms with E-state index in [0.717, 1.165) is 11.6 Å². The Labute approximate surface area is 145 Å². The number of hydrogen-bond donors (Lipinski definition) is 2. The third kappa shape index (κ3) is 3.49. The molecule has 0 unspecified atom stereocenters. The van der Waals surface area contributed by atoms with Crippen LogP contribution in [0.5, 0.6) is 0 Å². The van der Waals surface area contributed by atoms with Gasteiger partial charge in [-0.2, -0.15) is 0 Å². The normalized spacial score (nSPS) is 20.2. The molecule has 128 valence electrons. The Balaban J connectivity index is 1.65. The van der Waals surface area contributed by atoms with Gasteiger partial charge in [-0.25, -0.2) is 9.97 Å². The summed E-state index contributed by atoms with van der Waals surface area (Å²) in [5, 5.41) is 15.7. The lowest BCUT2D eigenvalue weighted by atomic mass is 10.0. The maximum Gasteiger partial charge on any atom is 0.263 e. The van der Waals surface area contributed by atoms with Crippen molar-refractivity contribution in [3.8, 4) is 0 Å². The molecule has 24 heavy (non-hydrogen) atoms. The fourth-order valence-corrected chi connectivity index (χ4v) is 3.66. The minimum Gasteiger partial charge on any atom is -0.386 e. The molecule has 1 aliphatic heterocycles. The van der Waals surface area contributed by atoms with E-state index in [4.69, 9.17) is 0 Å². The van der Waals surface area contributed by atoms with Crippen LogP contribution in [0.4, 0.5) is 11.6 Å². The minimum absolute atomic E-state index is 0.0589. The first-order valence-electron chi connectivity index (χ1n) is 7.77. The zero-order valence-electron chi connectivity index (χ0n) is 13.8. The second-order valence-corrected chi connectivity index (χ2v) is 6.99. The number of carbonyl (C=O) groups excluding carboxylic acids is 1. The largest absolute Gasteiger partial charge is 0.386 e. The predicted octanol–water partition coefficient (Wildman–Crippen LogP) is 1.29. The van der Waals surface area contributed by atoms with E-state index in [1.54, 1.807) is 25.1 Å². The Bertz CT molecular complexity index is 708. The number of aliphatic hydroxyl groups is 1. The number of β-amino-alcohol motifs (C(OH)–C–C–N with tert-alkyl or cyclic N) is 1. The summed E-state index contributed by atoms with van der Waals surface area (Å²) in [6.07, 6.45) is 2.10. The summed E-state index contributed by atoms with van der Waals surface area (Å²) in [4.78, 5) is 25.0. The molecule has 0 bridgehead atoms. The van der Waals surface area contributed by atoms with Gasteiger partial charge < -0.3 is 20.2 Å². The molecule has 2 N–H and O–H groups in total. The third-order valence-corrected chi connectivity index (χ3v) is 5.03. The first-order valence-corrected chi connectivity index (χ1v) is 8.65. The van der Waals surface area contributed by atoms with Crippen molar-refractivity contribution in [2.75, 3.05) is 43.9 Å². The molecule has 1 fully saturated rings. The molecule has 0 spiro atoms. The molecule has 0 aromatic carbocycles. The van der Waals surface area contributed by atoms with E-state index in [1.165, 1.54) is 17.7 Å². The highest BCUT2D eigenvalue weighted by Crippen LogP contribution is 2.27. The number of aromatic nitrogens is 2. The first kappa shape index (κ1) is 16.7. The van der Waals surface area contributed by atoms with E-state index in [9.17, 15) is 9.90 Å². The molecule has 2 aromatic rings. The summed E-state index contributed by atoms with van der Waals surface area (Å²) in [6, 6.07) is 5.51. The van der Waals surface area contributed by atoms with Gasteiger partial charge in [-0.15, -0.1) is 11.3 Å². The van der Waals surface area contributed by atoms with Crippen molar-refractivity contribution < 1.29 is 9.90 Å². The van der Waals surface area contributed by atoms with Crippen LogP contribution < -0.4 is 10.2 Å². The van der Waals surface area contributed by atoms with Gasteiger partial charge in [0.1, 0.15) is 23.6 Å². The first-order chi connectivity index (χ1) is 11.5. The van der Waals surface area contributed by atoms with Crippen LogP contribution in [0.1, 0.15) is 16.1 Å². The highest BCUT2D eigenvalue weighted by Gasteiger charge is 2.38. The molecule has 1 atom stereocenters. The molecule has 1 saturated heterocycles. The van der Waals surface area contributed by atoms with Crippen LogP contribution in [-0.4, -0.2) is 65.2 Å². The van der Waals surface area contributed by atoms with Gasteiger partial charge in [-0.1, -0.05) is 6.07 Å². The van der Waals surface area contributed by atoms with E-state index in [1.807, 2.05) is 22.4 Å². The molecule has 1 amide bonds. The van der Waals surface area contributed by atoms with E-state index in [-0.39, 0.29) is 5.91 Å². The quantitative estimate of drug-likeness (QED) is 0.848. The average Bonchev–Trinajstić information content (AvgIpc) is 3.24. The summed E-state index contributed by atoms with van der Waals surface area (Å²) >= 11 is 1.41. The molecule has 3 rings (SSSR count). The second-order valence-electron chi connectivity index (χ2n) is 6.05. The van der Waals surface area contributed by atoms with Gasteiger partial charge in [0.25, 0.3) is 5.91 Å². The lowest BCUT2D eigenvalue weighted by Gasteiger charge is -2.29. The fourth-order valence-electron chi connectivity index (χ4n) is 2.94. The van der Waals surface area contributed by atoms with E-state index < -0.39 is 5.60 Å². The molecule has 7 nitrogen and oxygen atoms in total. The minimum atomic E-state index is -0.938. The van der Waals surface area contributed by atoms with E-state index >= 15 is 0 Å². The lowest BCUT2D eigenvalue weighted by molar-refractivity contribution is 0.0266. The number of anilines is 2. The Morgan fingerprint density at radius 1 is 1.54 bits per heavy atom. The molecule has 0 saturated carbocycles. The summed E-state index contributed by atoms with van der Waals surface area (Å²) < 4.78 is 0. The summed E-state index contributed by atoms with van der Waals surface area (Å²) in [5.41, 5.74) is -0.938. The van der Waals surface area contributed by atoms with Gasteiger partial charge in [-0.05, 0) is 17.9 Å². The van der Waals surface area contributed by atoms with Crippen LogP contribution in [0.15, 0.2) is 29.9 Å². The molecule has 2 aromatic heterocycles. The SMILES string of the molecule is CNc1cc(N2CC[C@@](O)(CN(C)C(=O)c3cccs3)C2)ncn1. The number of thiophene rings is 1. The molecule has 0 aliphatic carbocycles. The van der Waals surface area contributed by atoms with Crippen molar-refractivity contribution in [2.45, 2.75) is 12.0 Å². The number of nitrogens with one attached hydrogen (secondary N) is 1. The second kappa shape index (κ2) is 6.74. The van der Waals surface area contributed by atoms with Crippen LogP contribution in [0, 0.1) is 0 Å². The summed E-state index contributed by atoms with van der Waals surface area (Å²) in [7, 11) is 3.53. The Morgan fingerprint density at radius 3 is 3.08 bits per heavy atom. The third-order valence-electron chi connectivity index (χ3n) is 4.18. The van der Waals surface area contributed by atoms with Crippen molar-refractivity contribution in [1.29, 1.82) is 0 Å². The Hall–Kier alpha value is -2.19. The smallest absolute Gasteiger partial charge is 0.263 e. The number of rotatable bonds is 5. The molecular formula is C16H21N5O2S. The van der Waals surface area contributed by atoms with Crippen molar-refractivity contribution >= 4 is 28.9 Å². The molecule has 1 aliphatic rings.